The standard InChI is InChI=1S/C16H28N2O/c1-17-12-8-4-5-9-13-18(2)14-15-10-6-7-11-16(15)19-3/h6-7,10-11,17H,4-5,8-9,12-14H2,1-3H3. The van der Waals surface area contributed by atoms with Gasteiger partial charge in [-0.2, -0.15) is 0 Å². The van der Waals surface area contributed by atoms with Gasteiger partial charge >= 0.3 is 0 Å². The zero-order valence-corrected chi connectivity index (χ0v) is 12.6. The van der Waals surface area contributed by atoms with Gasteiger partial charge < -0.3 is 15.0 Å². The number of methoxy groups -OCH3 is 1. The summed E-state index contributed by atoms with van der Waals surface area (Å²) in [5.41, 5.74) is 1.27. The Hall–Kier alpha value is -1.06. The van der Waals surface area contributed by atoms with Crippen LogP contribution in [0, 0.1) is 0 Å². The Balaban J connectivity index is 2.21. The minimum atomic E-state index is 0.959. The first-order chi connectivity index (χ1) is 9.27. The van der Waals surface area contributed by atoms with Crippen molar-refractivity contribution >= 4 is 0 Å². The van der Waals surface area contributed by atoms with Crippen LogP contribution in [-0.2, 0) is 6.54 Å². The molecule has 0 aliphatic rings. The maximum Gasteiger partial charge on any atom is 0.123 e. The molecule has 0 amide bonds. The molecule has 108 valence electrons. The highest BCUT2D eigenvalue weighted by Gasteiger charge is 2.05. The number of para-hydroxylation sites is 1. The van der Waals surface area contributed by atoms with Gasteiger partial charge in [-0.25, -0.2) is 0 Å². The van der Waals surface area contributed by atoms with E-state index in [-0.39, 0.29) is 0 Å². The summed E-state index contributed by atoms with van der Waals surface area (Å²) in [6, 6.07) is 8.26. The van der Waals surface area contributed by atoms with Crippen molar-refractivity contribution in [2.24, 2.45) is 0 Å². The molecule has 0 atom stereocenters. The molecule has 1 N–H and O–H groups in total. The van der Waals surface area contributed by atoms with E-state index in [9.17, 15) is 0 Å². The molecule has 0 saturated heterocycles. The normalized spacial score (nSPS) is 10.9. The Kier molecular flexibility index (Phi) is 8.26. The molecule has 19 heavy (non-hydrogen) atoms. The summed E-state index contributed by atoms with van der Waals surface area (Å²) in [5.74, 6) is 0.989. The number of unbranched alkanes of at least 4 members (excludes halogenated alkanes) is 3. The Morgan fingerprint density at radius 1 is 1.11 bits per heavy atom. The highest BCUT2D eigenvalue weighted by atomic mass is 16.5. The second kappa shape index (κ2) is 9.82. The summed E-state index contributed by atoms with van der Waals surface area (Å²) in [7, 11) is 5.93. The lowest BCUT2D eigenvalue weighted by Crippen LogP contribution is -2.19. The Bertz CT molecular complexity index is 341. The van der Waals surface area contributed by atoms with Crippen molar-refractivity contribution in [3.8, 4) is 5.75 Å². The smallest absolute Gasteiger partial charge is 0.123 e. The SMILES string of the molecule is CNCCCCCCN(C)Cc1ccccc1OC. The maximum atomic E-state index is 5.38. The van der Waals surface area contributed by atoms with E-state index in [0.717, 1.165) is 25.4 Å². The van der Waals surface area contributed by atoms with Crippen LogP contribution < -0.4 is 10.1 Å². The van der Waals surface area contributed by atoms with Crippen molar-refractivity contribution in [2.75, 3.05) is 34.3 Å². The van der Waals surface area contributed by atoms with E-state index in [2.05, 4.69) is 29.4 Å². The Morgan fingerprint density at radius 2 is 1.84 bits per heavy atom. The molecule has 0 aliphatic heterocycles. The second-order valence-electron chi connectivity index (χ2n) is 5.07. The van der Waals surface area contributed by atoms with Crippen LogP contribution >= 0.6 is 0 Å². The second-order valence-corrected chi connectivity index (χ2v) is 5.07. The van der Waals surface area contributed by atoms with E-state index < -0.39 is 0 Å². The summed E-state index contributed by atoms with van der Waals surface area (Å²) >= 11 is 0. The van der Waals surface area contributed by atoms with Crippen molar-refractivity contribution in [1.29, 1.82) is 0 Å². The van der Waals surface area contributed by atoms with E-state index in [4.69, 9.17) is 4.74 Å². The summed E-state index contributed by atoms with van der Waals surface area (Å²) < 4.78 is 5.38. The first-order valence-corrected chi connectivity index (χ1v) is 7.23. The molecule has 0 aliphatic carbocycles. The van der Waals surface area contributed by atoms with Gasteiger partial charge in [0.25, 0.3) is 0 Å². The molecule has 0 spiro atoms. The van der Waals surface area contributed by atoms with Crippen LogP contribution in [-0.4, -0.2) is 39.2 Å². The highest BCUT2D eigenvalue weighted by molar-refractivity contribution is 5.32. The average molecular weight is 264 g/mol. The van der Waals surface area contributed by atoms with E-state index in [1.807, 2.05) is 19.2 Å². The molecule has 0 fully saturated rings. The molecule has 3 heteroatoms. The van der Waals surface area contributed by atoms with E-state index in [1.54, 1.807) is 7.11 Å². The lowest BCUT2D eigenvalue weighted by molar-refractivity contribution is 0.308. The summed E-state index contributed by atoms with van der Waals surface area (Å²) in [4.78, 5) is 2.37. The van der Waals surface area contributed by atoms with Crippen LogP contribution in [0.1, 0.15) is 31.2 Å². The molecule has 1 aromatic carbocycles. The number of nitrogens with zero attached hydrogens (tertiary/aromatic N) is 1. The van der Waals surface area contributed by atoms with Crippen LogP contribution in [0.4, 0.5) is 0 Å². The first kappa shape index (κ1) is 16.0. The van der Waals surface area contributed by atoms with E-state index in [0.29, 0.717) is 0 Å². The van der Waals surface area contributed by atoms with Gasteiger partial charge in [0.15, 0.2) is 0 Å². The van der Waals surface area contributed by atoms with Gasteiger partial charge in [-0.15, -0.1) is 0 Å². The molecule has 0 unspecified atom stereocenters. The van der Waals surface area contributed by atoms with Gasteiger partial charge in [0.05, 0.1) is 7.11 Å². The van der Waals surface area contributed by atoms with Crippen molar-refractivity contribution < 1.29 is 4.74 Å². The molecule has 0 bridgehead atoms. The number of ether oxygens (including phenoxy) is 1. The van der Waals surface area contributed by atoms with Gasteiger partial charge in [-0.3, -0.25) is 0 Å². The predicted octanol–water partition coefficient (Wildman–Crippen LogP) is 2.91. The minimum absolute atomic E-state index is 0.959. The number of hydrogen-bond acceptors (Lipinski definition) is 3. The van der Waals surface area contributed by atoms with Crippen molar-refractivity contribution in [3.63, 3.8) is 0 Å². The van der Waals surface area contributed by atoms with Gasteiger partial charge in [0.2, 0.25) is 0 Å². The summed E-state index contributed by atoms with van der Waals surface area (Å²) in [5, 5.41) is 3.19. The number of rotatable bonds is 10. The van der Waals surface area contributed by atoms with E-state index >= 15 is 0 Å². The van der Waals surface area contributed by atoms with Gasteiger partial charge in [0, 0.05) is 12.1 Å². The number of hydrogen-bond donors (Lipinski definition) is 1. The molecular formula is C16H28N2O. The first-order valence-electron chi connectivity index (χ1n) is 7.23. The minimum Gasteiger partial charge on any atom is -0.496 e. The van der Waals surface area contributed by atoms with Crippen molar-refractivity contribution in [3.05, 3.63) is 29.8 Å². The zero-order chi connectivity index (χ0) is 13.9. The maximum absolute atomic E-state index is 5.38. The molecule has 1 rings (SSSR count). The number of nitrogens with one attached hydrogen (secondary N) is 1. The lowest BCUT2D eigenvalue weighted by atomic mass is 10.1. The highest BCUT2D eigenvalue weighted by Crippen LogP contribution is 2.18. The molecule has 3 nitrogen and oxygen atoms in total. The molecule has 0 saturated carbocycles. The van der Waals surface area contributed by atoms with Crippen LogP contribution in [0.3, 0.4) is 0 Å². The number of benzene rings is 1. The third kappa shape index (κ3) is 6.60. The molecule has 0 radical (unpaired) electrons. The molecule has 1 aromatic rings. The van der Waals surface area contributed by atoms with Crippen molar-refractivity contribution in [2.45, 2.75) is 32.2 Å². The zero-order valence-electron chi connectivity index (χ0n) is 12.6. The third-order valence-electron chi connectivity index (χ3n) is 3.35. The monoisotopic (exact) mass is 264 g/mol. The van der Waals surface area contributed by atoms with Crippen LogP contribution in [0.2, 0.25) is 0 Å². The van der Waals surface area contributed by atoms with Crippen LogP contribution in [0.5, 0.6) is 5.75 Å². The van der Waals surface area contributed by atoms with Crippen LogP contribution in [0.25, 0.3) is 0 Å². The summed E-state index contributed by atoms with van der Waals surface area (Å²) in [6.45, 7) is 3.25. The van der Waals surface area contributed by atoms with Gasteiger partial charge in [-0.05, 0) is 46.1 Å². The fourth-order valence-electron chi connectivity index (χ4n) is 2.24. The topological polar surface area (TPSA) is 24.5 Å². The van der Waals surface area contributed by atoms with Crippen molar-refractivity contribution in [1.82, 2.24) is 10.2 Å². The molecule has 0 aromatic heterocycles. The third-order valence-corrected chi connectivity index (χ3v) is 3.35. The Morgan fingerprint density at radius 3 is 2.58 bits per heavy atom. The quantitative estimate of drug-likeness (QED) is 0.658. The fourth-order valence-corrected chi connectivity index (χ4v) is 2.24. The van der Waals surface area contributed by atoms with Crippen LogP contribution in [0.15, 0.2) is 24.3 Å². The largest absolute Gasteiger partial charge is 0.496 e. The van der Waals surface area contributed by atoms with E-state index in [1.165, 1.54) is 31.2 Å². The van der Waals surface area contributed by atoms with Gasteiger partial charge in [-0.1, -0.05) is 31.0 Å². The Labute approximate surface area is 118 Å². The van der Waals surface area contributed by atoms with Gasteiger partial charge in [0.1, 0.15) is 5.75 Å². The lowest BCUT2D eigenvalue weighted by Gasteiger charge is -2.18. The fraction of sp³-hybridized carbons (Fsp3) is 0.625. The average Bonchev–Trinajstić information content (AvgIpc) is 2.43. The summed E-state index contributed by atoms with van der Waals surface area (Å²) in [6.07, 6.45) is 5.20. The molecular weight excluding hydrogens is 236 g/mol. The predicted molar refractivity (Wildman–Crippen MR) is 81.7 cm³/mol. The molecule has 0 heterocycles.